The Bertz CT molecular complexity index is 1210. The van der Waals surface area contributed by atoms with Crippen molar-refractivity contribution in [1.29, 1.82) is 0 Å². The number of aromatic nitrogens is 4. The van der Waals surface area contributed by atoms with Gasteiger partial charge in [-0.3, -0.25) is 14.4 Å². The minimum absolute atomic E-state index is 0. The largest absolute Gasteiger partial charge is 1.00 e. The molecule has 172 valence electrons. The van der Waals surface area contributed by atoms with Crippen molar-refractivity contribution in [1.82, 2.24) is 19.2 Å². The third-order valence-corrected chi connectivity index (χ3v) is 5.13. The van der Waals surface area contributed by atoms with Crippen LogP contribution in [0.3, 0.4) is 0 Å². The van der Waals surface area contributed by atoms with E-state index in [-0.39, 0.29) is 47.2 Å². The van der Waals surface area contributed by atoms with Crippen molar-refractivity contribution in [2.45, 2.75) is 34.6 Å². The normalized spacial score (nSPS) is 10.0. The van der Waals surface area contributed by atoms with Gasteiger partial charge in [0, 0.05) is 31.8 Å². The van der Waals surface area contributed by atoms with Crippen LogP contribution in [-0.2, 0) is 0 Å². The molecule has 4 heterocycles. The summed E-state index contributed by atoms with van der Waals surface area (Å²) in [6, 6.07) is 6.83. The molecule has 0 unspecified atom stereocenters. The fraction of sp³-hybridized carbons (Fsp3) is 0.217. The fourth-order valence-corrected chi connectivity index (χ4v) is 3.96. The molecule has 0 bridgehead atoms. The van der Waals surface area contributed by atoms with Gasteiger partial charge in [-0.2, -0.15) is 10.2 Å². The van der Waals surface area contributed by atoms with Crippen LogP contribution in [0.4, 0.5) is 0 Å². The van der Waals surface area contributed by atoms with Crippen molar-refractivity contribution in [3.8, 4) is 0 Å². The zero-order chi connectivity index (χ0) is 23.7. The van der Waals surface area contributed by atoms with E-state index in [0.29, 0.717) is 39.1 Å². The maximum absolute atomic E-state index is 11.6. The summed E-state index contributed by atoms with van der Waals surface area (Å²) < 4.78 is 2.91. The molecular weight excluding hydrogens is 435 g/mol. The Kier molecular flexibility index (Phi) is 9.23. The first-order valence-electron chi connectivity index (χ1n) is 9.76. The summed E-state index contributed by atoms with van der Waals surface area (Å²) in [4.78, 5) is 45.7. The van der Waals surface area contributed by atoms with Gasteiger partial charge in [-0.25, -0.2) is 13.8 Å². The second-order valence-electron chi connectivity index (χ2n) is 7.31. The Morgan fingerprint density at radius 3 is 1.47 bits per heavy atom. The number of carbonyl (C=O) groups is 4. The van der Waals surface area contributed by atoms with Crippen molar-refractivity contribution in [2.24, 2.45) is 0 Å². The van der Waals surface area contributed by atoms with Gasteiger partial charge >= 0.3 is 24.8 Å². The minimum Gasteiger partial charge on any atom is -0.870 e. The molecule has 0 radical (unpaired) electrons. The molecule has 4 rings (SSSR count). The number of Topliss-reactive ketones (excluding diaryl/α,β-unsaturated/α-hetero) is 3. The first-order valence-corrected chi connectivity index (χ1v) is 9.76. The Morgan fingerprint density at radius 1 is 0.735 bits per heavy atom. The Balaban J connectivity index is 0.000000321. The van der Waals surface area contributed by atoms with E-state index in [1.165, 1.54) is 36.0 Å². The molecule has 0 aliphatic heterocycles. The van der Waals surface area contributed by atoms with Crippen LogP contribution in [0, 0.1) is 13.8 Å². The van der Waals surface area contributed by atoms with Crippen LogP contribution >= 0.6 is 0 Å². The SMILES string of the molecule is CC(=O)c1c(C)c(C(=O)O)c2cccnn12.CC(=O)c1c(C)c(C(C)=O)n2ncccc12.[Li+].[OH-]. The standard InChI is InChI=1S/C12H12N2O2.C11H10N2O3.Li.H2O/c1-7-11(8(2)15)10-5-4-6-13-14(10)12(7)9(3)16;1-6-9(11(15)16)8-4-3-5-12-13(8)10(6)7(2)14;;/h4-6H,1-3H3;3-5H,1-2H3,(H,15,16);;1H2/q;;+1;/p-1. The number of hydrogen-bond acceptors (Lipinski definition) is 7. The van der Waals surface area contributed by atoms with Gasteiger partial charge in [-0.1, -0.05) is 0 Å². The first-order chi connectivity index (χ1) is 15.1. The van der Waals surface area contributed by atoms with Crippen LogP contribution < -0.4 is 18.9 Å². The van der Waals surface area contributed by atoms with Crippen molar-refractivity contribution in [2.75, 3.05) is 0 Å². The molecule has 0 fully saturated rings. The monoisotopic (exact) mass is 458 g/mol. The zero-order valence-corrected chi connectivity index (χ0v) is 19.8. The minimum atomic E-state index is -1.05. The summed E-state index contributed by atoms with van der Waals surface area (Å²) in [6.07, 6.45) is 3.12. The number of carbonyl (C=O) groups excluding carboxylic acids is 3. The quantitative estimate of drug-likeness (QED) is 0.341. The second-order valence-corrected chi connectivity index (χ2v) is 7.31. The molecule has 0 atom stereocenters. The van der Waals surface area contributed by atoms with Crippen molar-refractivity contribution >= 4 is 34.4 Å². The fourth-order valence-electron chi connectivity index (χ4n) is 3.96. The first kappa shape index (κ1) is 28.5. The molecule has 0 saturated carbocycles. The van der Waals surface area contributed by atoms with Gasteiger partial charge in [-0.15, -0.1) is 0 Å². The Hall–Kier alpha value is -3.58. The molecule has 0 saturated heterocycles. The number of carboxylic acid groups (broad SMARTS) is 1. The Morgan fingerprint density at radius 2 is 1.12 bits per heavy atom. The molecule has 10 nitrogen and oxygen atoms in total. The van der Waals surface area contributed by atoms with Crippen LogP contribution in [0.2, 0.25) is 0 Å². The van der Waals surface area contributed by atoms with Gasteiger partial charge in [0.25, 0.3) is 0 Å². The summed E-state index contributed by atoms with van der Waals surface area (Å²) >= 11 is 0. The molecule has 0 spiro atoms. The maximum atomic E-state index is 11.6. The van der Waals surface area contributed by atoms with Crippen molar-refractivity contribution < 1.29 is 48.6 Å². The number of nitrogens with zero attached hydrogens (tertiary/aromatic N) is 4. The van der Waals surface area contributed by atoms with E-state index in [4.69, 9.17) is 5.11 Å². The molecule has 4 aromatic rings. The molecule has 0 aliphatic rings. The molecule has 2 N–H and O–H groups in total. The van der Waals surface area contributed by atoms with Crippen LogP contribution in [-0.4, -0.2) is 53.1 Å². The smallest absolute Gasteiger partial charge is 0.870 e. The maximum Gasteiger partial charge on any atom is 1.00 e. The average Bonchev–Trinajstić information content (AvgIpc) is 3.18. The molecule has 11 heteroatoms. The Labute approximate surface area is 207 Å². The predicted octanol–water partition coefficient (Wildman–Crippen LogP) is 0.419. The van der Waals surface area contributed by atoms with E-state index in [2.05, 4.69) is 10.2 Å². The van der Waals surface area contributed by atoms with Crippen LogP contribution in [0.5, 0.6) is 0 Å². The second kappa shape index (κ2) is 11.0. The number of aromatic carboxylic acids is 1. The van der Waals surface area contributed by atoms with E-state index in [0.717, 1.165) is 0 Å². The van der Waals surface area contributed by atoms with Crippen molar-refractivity contribution in [3.05, 3.63) is 70.3 Å². The summed E-state index contributed by atoms with van der Waals surface area (Å²) in [5.74, 6) is -1.37. The number of fused-ring (bicyclic) bond motifs is 2. The van der Waals surface area contributed by atoms with E-state index in [1.54, 1.807) is 44.3 Å². The summed E-state index contributed by atoms with van der Waals surface area (Å²) in [5.41, 5.74) is 3.83. The third-order valence-electron chi connectivity index (χ3n) is 5.13. The van der Waals surface area contributed by atoms with Crippen LogP contribution in [0.25, 0.3) is 11.0 Å². The summed E-state index contributed by atoms with van der Waals surface area (Å²) in [5, 5.41) is 17.2. The van der Waals surface area contributed by atoms with Crippen LogP contribution in [0.15, 0.2) is 36.7 Å². The van der Waals surface area contributed by atoms with E-state index < -0.39 is 5.97 Å². The molecule has 34 heavy (non-hydrogen) atoms. The van der Waals surface area contributed by atoms with Gasteiger partial charge in [0.1, 0.15) is 11.4 Å². The summed E-state index contributed by atoms with van der Waals surface area (Å²) in [6.45, 7) is 7.78. The topological polar surface area (TPSA) is 153 Å². The molecule has 0 aromatic carbocycles. The molecular formula is C23H23LiN4O6. The number of ketones is 3. The van der Waals surface area contributed by atoms with Crippen LogP contribution in [0.1, 0.15) is 73.6 Å². The van der Waals surface area contributed by atoms with E-state index >= 15 is 0 Å². The number of rotatable bonds is 4. The van der Waals surface area contributed by atoms with Gasteiger partial charge in [0.05, 0.1) is 16.6 Å². The van der Waals surface area contributed by atoms with Gasteiger partial charge in [-0.05, 0) is 56.2 Å². The molecule has 4 aromatic heterocycles. The van der Waals surface area contributed by atoms with Gasteiger partial charge < -0.3 is 10.6 Å². The average molecular weight is 458 g/mol. The van der Waals surface area contributed by atoms with Crippen molar-refractivity contribution in [3.63, 3.8) is 0 Å². The third kappa shape index (κ3) is 4.84. The van der Waals surface area contributed by atoms with Gasteiger partial charge in [0.2, 0.25) is 0 Å². The molecule has 0 amide bonds. The van der Waals surface area contributed by atoms with Gasteiger partial charge in [0.15, 0.2) is 17.3 Å². The predicted molar refractivity (Wildman–Crippen MR) is 119 cm³/mol. The number of carboxylic acids is 1. The van der Waals surface area contributed by atoms with E-state index in [1.807, 2.05) is 0 Å². The summed E-state index contributed by atoms with van der Waals surface area (Å²) in [7, 11) is 0. The zero-order valence-electron chi connectivity index (χ0n) is 19.8. The van der Waals surface area contributed by atoms with E-state index in [9.17, 15) is 19.2 Å². The molecule has 0 aliphatic carbocycles. The number of hydrogen-bond donors (Lipinski definition) is 1.